The molecule has 1 N–H and O–H groups in total. The van der Waals surface area contributed by atoms with Crippen molar-refractivity contribution in [2.75, 3.05) is 26.7 Å². The summed E-state index contributed by atoms with van der Waals surface area (Å²) in [5, 5.41) is 8.88. The first-order valence-electron chi connectivity index (χ1n) is 7.65. The molecule has 0 aliphatic carbocycles. The summed E-state index contributed by atoms with van der Waals surface area (Å²) in [7, 11) is 1.81. The molecule has 1 atom stereocenters. The molecule has 23 heavy (non-hydrogen) atoms. The van der Waals surface area contributed by atoms with E-state index >= 15 is 0 Å². The van der Waals surface area contributed by atoms with Crippen molar-refractivity contribution < 1.29 is 18.7 Å². The largest absolute Gasteiger partial charge is 0.480 e. The van der Waals surface area contributed by atoms with E-state index < -0.39 is 17.6 Å². The van der Waals surface area contributed by atoms with E-state index in [1.807, 2.05) is 16.8 Å². The van der Waals surface area contributed by atoms with Crippen molar-refractivity contribution in [3.63, 3.8) is 0 Å². The second-order valence-corrected chi connectivity index (χ2v) is 6.85. The average Bonchev–Trinajstić information content (AvgIpc) is 2.72. The molecule has 1 heterocycles. The van der Waals surface area contributed by atoms with Gasteiger partial charge in [0, 0.05) is 18.2 Å². The third-order valence-electron chi connectivity index (χ3n) is 4.32. The van der Waals surface area contributed by atoms with Crippen LogP contribution in [0.1, 0.15) is 24.8 Å². The molecule has 0 spiro atoms. The highest BCUT2D eigenvalue weighted by Gasteiger charge is 2.23. The predicted octanol–water partition coefficient (Wildman–Crippen LogP) is 3.10. The predicted molar refractivity (Wildman–Crippen MR) is 87.2 cm³/mol. The van der Waals surface area contributed by atoms with Gasteiger partial charge in [-0.15, -0.1) is 0 Å². The molecule has 7 heteroatoms. The minimum Gasteiger partial charge on any atom is -0.480 e. The number of halogens is 3. The van der Waals surface area contributed by atoms with Gasteiger partial charge in [-0.3, -0.25) is 14.6 Å². The SMILES string of the molecule is CN(CC(=O)O)C1CCCN(Cc2c(F)ccc(Br)c2F)CC1. The maximum Gasteiger partial charge on any atom is 0.317 e. The van der Waals surface area contributed by atoms with Crippen LogP contribution < -0.4 is 0 Å². The Kier molecular flexibility index (Phi) is 6.50. The average molecular weight is 391 g/mol. The third-order valence-corrected chi connectivity index (χ3v) is 4.93. The van der Waals surface area contributed by atoms with Gasteiger partial charge < -0.3 is 5.11 Å². The van der Waals surface area contributed by atoms with Gasteiger partial charge in [0.05, 0.1) is 11.0 Å². The third kappa shape index (κ3) is 4.96. The number of rotatable bonds is 5. The first-order valence-corrected chi connectivity index (χ1v) is 8.44. The lowest BCUT2D eigenvalue weighted by molar-refractivity contribution is -0.138. The van der Waals surface area contributed by atoms with E-state index in [0.29, 0.717) is 6.54 Å². The maximum atomic E-state index is 14.1. The second-order valence-electron chi connectivity index (χ2n) is 5.99. The van der Waals surface area contributed by atoms with Crippen LogP contribution in [0.3, 0.4) is 0 Å². The molecule has 0 bridgehead atoms. The van der Waals surface area contributed by atoms with Crippen LogP contribution in [-0.2, 0) is 11.3 Å². The van der Waals surface area contributed by atoms with Crippen LogP contribution in [-0.4, -0.2) is 53.6 Å². The Morgan fingerprint density at radius 1 is 1.39 bits per heavy atom. The highest BCUT2D eigenvalue weighted by molar-refractivity contribution is 9.10. The number of benzene rings is 1. The zero-order chi connectivity index (χ0) is 17.0. The van der Waals surface area contributed by atoms with Gasteiger partial charge in [-0.1, -0.05) is 0 Å². The summed E-state index contributed by atoms with van der Waals surface area (Å²) in [6.07, 6.45) is 2.57. The summed E-state index contributed by atoms with van der Waals surface area (Å²) >= 11 is 3.09. The number of likely N-dealkylation sites (N-methyl/N-ethyl adjacent to an activating group) is 1. The number of aliphatic carboxylic acids is 1. The molecule has 1 fully saturated rings. The number of hydrogen-bond donors (Lipinski definition) is 1. The van der Waals surface area contributed by atoms with Gasteiger partial charge in [0.1, 0.15) is 11.6 Å². The number of hydrogen-bond acceptors (Lipinski definition) is 3. The van der Waals surface area contributed by atoms with Crippen LogP contribution >= 0.6 is 15.9 Å². The Labute approximate surface area is 143 Å². The minimum atomic E-state index is -0.841. The topological polar surface area (TPSA) is 43.8 Å². The molecule has 2 rings (SSSR count). The van der Waals surface area contributed by atoms with E-state index in [-0.39, 0.29) is 29.2 Å². The Balaban J connectivity index is 1.99. The molecule has 0 aromatic heterocycles. The van der Waals surface area contributed by atoms with Crippen molar-refractivity contribution in [2.24, 2.45) is 0 Å². The lowest BCUT2D eigenvalue weighted by Gasteiger charge is -2.25. The van der Waals surface area contributed by atoms with Crippen LogP contribution in [0.5, 0.6) is 0 Å². The summed E-state index contributed by atoms with van der Waals surface area (Å²) in [4.78, 5) is 14.7. The summed E-state index contributed by atoms with van der Waals surface area (Å²) < 4.78 is 28.2. The summed E-state index contributed by atoms with van der Waals surface area (Å²) in [5.41, 5.74) is 0.0803. The van der Waals surface area contributed by atoms with Crippen molar-refractivity contribution in [1.82, 2.24) is 9.80 Å². The van der Waals surface area contributed by atoms with E-state index in [0.717, 1.165) is 25.8 Å². The van der Waals surface area contributed by atoms with Crippen molar-refractivity contribution >= 4 is 21.9 Å². The van der Waals surface area contributed by atoms with Crippen molar-refractivity contribution in [2.45, 2.75) is 31.8 Å². The molecule has 1 aromatic rings. The highest BCUT2D eigenvalue weighted by Crippen LogP contribution is 2.24. The Bertz CT molecular complexity index is 571. The van der Waals surface area contributed by atoms with Gasteiger partial charge in [0.25, 0.3) is 0 Å². The zero-order valence-corrected chi connectivity index (χ0v) is 14.7. The number of likely N-dealkylation sites (tertiary alicyclic amines) is 1. The van der Waals surface area contributed by atoms with Gasteiger partial charge >= 0.3 is 5.97 Å². The molecule has 1 aliphatic heterocycles. The fraction of sp³-hybridized carbons (Fsp3) is 0.562. The Morgan fingerprint density at radius 3 is 2.83 bits per heavy atom. The van der Waals surface area contributed by atoms with Gasteiger partial charge in [0.2, 0.25) is 0 Å². The Morgan fingerprint density at radius 2 is 2.13 bits per heavy atom. The van der Waals surface area contributed by atoms with Crippen LogP contribution in [0, 0.1) is 11.6 Å². The molecule has 4 nitrogen and oxygen atoms in total. The number of carbonyl (C=O) groups is 1. The smallest absolute Gasteiger partial charge is 0.317 e. The highest BCUT2D eigenvalue weighted by atomic mass is 79.9. The number of nitrogens with zero attached hydrogens (tertiary/aromatic N) is 2. The van der Waals surface area contributed by atoms with Crippen LogP contribution in [0.15, 0.2) is 16.6 Å². The van der Waals surface area contributed by atoms with E-state index in [2.05, 4.69) is 15.9 Å². The molecular formula is C16H21BrF2N2O2. The standard InChI is InChI=1S/C16H21BrF2N2O2/c1-20(10-15(22)23)11-3-2-7-21(8-6-11)9-12-14(18)5-4-13(17)16(12)19/h4-5,11H,2-3,6-10H2,1H3,(H,22,23). The molecule has 0 saturated carbocycles. The summed E-state index contributed by atoms with van der Waals surface area (Å²) in [6.45, 7) is 1.69. The van der Waals surface area contributed by atoms with E-state index in [4.69, 9.17) is 5.11 Å². The fourth-order valence-corrected chi connectivity index (χ4v) is 3.39. The molecular weight excluding hydrogens is 370 g/mol. The maximum absolute atomic E-state index is 14.1. The Hall–Kier alpha value is -1.05. The fourth-order valence-electron chi connectivity index (χ4n) is 3.02. The molecule has 0 radical (unpaired) electrons. The molecule has 1 aliphatic rings. The first kappa shape index (κ1) is 18.3. The van der Waals surface area contributed by atoms with Gasteiger partial charge in [-0.05, 0) is 67.5 Å². The lowest BCUT2D eigenvalue weighted by Crippen LogP contribution is -2.36. The van der Waals surface area contributed by atoms with Crippen LogP contribution in [0.2, 0.25) is 0 Å². The van der Waals surface area contributed by atoms with E-state index in [1.165, 1.54) is 12.1 Å². The minimum absolute atomic E-state index is 0.0134. The van der Waals surface area contributed by atoms with Crippen molar-refractivity contribution in [1.29, 1.82) is 0 Å². The molecule has 1 unspecified atom stereocenters. The van der Waals surface area contributed by atoms with E-state index in [1.54, 1.807) is 0 Å². The first-order chi connectivity index (χ1) is 10.9. The molecule has 0 amide bonds. The normalized spacial score (nSPS) is 19.8. The molecule has 1 saturated heterocycles. The quantitative estimate of drug-likeness (QED) is 0.784. The lowest BCUT2D eigenvalue weighted by atomic mass is 10.1. The number of carboxylic acid groups (broad SMARTS) is 1. The number of carboxylic acids is 1. The van der Waals surface area contributed by atoms with E-state index in [9.17, 15) is 13.6 Å². The molecule has 1 aromatic carbocycles. The van der Waals surface area contributed by atoms with Gasteiger partial charge in [-0.25, -0.2) is 8.78 Å². The zero-order valence-electron chi connectivity index (χ0n) is 13.1. The van der Waals surface area contributed by atoms with Gasteiger partial charge in [0.15, 0.2) is 0 Å². The van der Waals surface area contributed by atoms with Gasteiger partial charge in [-0.2, -0.15) is 0 Å². The summed E-state index contributed by atoms with van der Waals surface area (Å²) in [6, 6.07) is 2.82. The second kappa shape index (κ2) is 8.17. The monoisotopic (exact) mass is 390 g/mol. The van der Waals surface area contributed by atoms with Crippen LogP contribution in [0.4, 0.5) is 8.78 Å². The van der Waals surface area contributed by atoms with Crippen molar-refractivity contribution in [3.8, 4) is 0 Å². The summed E-state index contributed by atoms with van der Waals surface area (Å²) in [5.74, 6) is -1.92. The molecule has 128 valence electrons. The van der Waals surface area contributed by atoms with Crippen molar-refractivity contribution in [3.05, 3.63) is 33.8 Å². The van der Waals surface area contributed by atoms with Crippen LogP contribution in [0.25, 0.3) is 0 Å².